The second-order valence-electron chi connectivity index (χ2n) is 6.22. The number of nitrogens with two attached hydrogens (primary N) is 1. The maximum atomic E-state index is 12.5. The largest absolute Gasteiger partial charge is 0.328 e. The van der Waals surface area contributed by atoms with Crippen LogP contribution in [0.1, 0.15) is 19.3 Å². The Morgan fingerprint density at radius 3 is 2.19 bits per heavy atom. The molecule has 3 rings (SSSR count). The molecule has 0 heterocycles. The van der Waals surface area contributed by atoms with Gasteiger partial charge in [0.15, 0.2) is 0 Å². The molecule has 0 spiro atoms. The van der Waals surface area contributed by atoms with Crippen molar-refractivity contribution in [3.8, 4) is 0 Å². The molecule has 0 saturated heterocycles. The minimum atomic E-state index is -3.72. The number of sulfonamides is 1. The summed E-state index contributed by atoms with van der Waals surface area (Å²) in [5, 5.41) is 2.83. The molecule has 140 valence electrons. The van der Waals surface area contributed by atoms with Crippen LogP contribution in [-0.2, 0) is 14.8 Å². The van der Waals surface area contributed by atoms with Gasteiger partial charge in [0.05, 0.1) is 16.3 Å². The first kappa shape index (κ1) is 20.2. The summed E-state index contributed by atoms with van der Waals surface area (Å²) in [7, 11) is -3.72. The van der Waals surface area contributed by atoms with Crippen molar-refractivity contribution in [2.75, 3.05) is 10.0 Å². The van der Waals surface area contributed by atoms with Crippen LogP contribution in [0.25, 0.3) is 0 Å². The number of amides is 1. The average molecular weight is 396 g/mol. The fourth-order valence-corrected chi connectivity index (χ4v) is 4.07. The summed E-state index contributed by atoms with van der Waals surface area (Å²) < 4.78 is 27.5. The van der Waals surface area contributed by atoms with E-state index >= 15 is 0 Å². The highest BCUT2D eigenvalue weighted by molar-refractivity contribution is 7.92. The number of nitrogens with one attached hydrogen (secondary N) is 2. The smallest absolute Gasteiger partial charge is 0.261 e. The lowest BCUT2D eigenvalue weighted by molar-refractivity contribution is -0.119. The summed E-state index contributed by atoms with van der Waals surface area (Å²) in [6.07, 6.45) is 2.25. The number of para-hydroxylation sites is 2. The molecular weight excluding hydrogens is 374 g/mol. The Bertz CT molecular complexity index is 859. The number of benzene rings is 2. The van der Waals surface area contributed by atoms with Crippen LogP contribution in [0.5, 0.6) is 0 Å². The number of rotatable bonds is 5. The van der Waals surface area contributed by atoms with Crippen LogP contribution < -0.4 is 15.8 Å². The van der Waals surface area contributed by atoms with Crippen molar-refractivity contribution < 1.29 is 13.2 Å². The van der Waals surface area contributed by atoms with E-state index in [1.165, 1.54) is 12.1 Å². The van der Waals surface area contributed by atoms with E-state index in [1.807, 2.05) is 0 Å². The molecule has 1 saturated carbocycles. The summed E-state index contributed by atoms with van der Waals surface area (Å²) in [5.41, 5.74) is 6.63. The third-order valence-electron chi connectivity index (χ3n) is 4.33. The van der Waals surface area contributed by atoms with E-state index in [1.54, 1.807) is 42.5 Å². The zero-order valence-corrected chi connectivity index (χ0v) is 15.7. The molecule has 0 radical (unpaired) electrons. The number of hydrogen-bond donors (Lipinski definition) is 3. The van der Waals surface area contributed by atoms with E-state index in [2.05, 4.69) is 10.0 Å². The van der Waals surface area contributed by atoms with E-state index in [0.717, 1.165) is 12.8 Å². The Balaban J connectivity index is 0.00000243. The molecule has 0 aromatic heterocycles. The Hall–Kier alpha value is -2.09. The minimum absolute atomic E-state index is 0. The molecule has 4 N–H and O–H groups in total. The lowest BCUT2D eigenvalue weighted by Gasteiger charge is -2.15. The van der Waals surface area contributed by atoms with Crippen molar-refractivity contribution in [2.45, 2.75) is 30.2 Å². The van der Waals surface area contributed by atoms with Crippen LogP contribution in [-0.4, -0.2) is 20.4 Å². The van der Waals surface area contributed by atoms with Crippen LogP contribution in [0.2, 0.25) is 0 Å². The predicted octanol–water partition coefficient (Wildman–Crippen LogP) is 2.98. The molecule has 8 heteroatoms. The summed E-state index contributed by atoms with van der Waals surface area (Å²) in [6.45, 7) is 0. The molecule has 2 atom stereocenters. The first-order valence-electron chi connectivity index (χ1n) is 8.19. The van der Waals surface area contributed by atoms with Crippen molar-refractivity contribution >= 4 is 39.7 Å². The quantitative estimate of drug-likeness (QED) is 0.724. The highest BCUT2D eigenvalue weighted by atomic mass is 35.5. The topological polar surface area (TPSA) is 101 Å². The maximum Gasteiger partial charge on any atom is 0.261 e. The first-order chi connectivity index (χ1) is 12.0. The Morgan fingerprint density at radius 1 is 0.962 bits per heavy atom. The summed E-state index contributed by atoms with van der Waals surface area (Å²) in [4.78, 5) is 12.6. The molecule has 2 aromatic rings. The van der Waals surface area contributed by atoms with Crippen LogP contribution >= 0.6 is 12.4 Å². The average Bonchev–Trinajstić information content (AvgIpc) is 3.04. The SMILES string of the molecule is Cl.NC1CCC(C(=O)Nc2ccccc2NS(=O)(=O)c2ccccc2)C1. The van der Waals surface area contributed by atoms with E-state index in [4.69, 9.17) is 5.73 Å². The molecule has 0 aliphatic heterocycles. The zero-order valence-electron chi connectivity index (χ0n) is 14.1. The van der Waals surface area contributed by atoms with E-state index < -0.39 is 10.0 Å². The standard InChI is InChI=1S/C18H21N3O3S.ClH/c19-14-11-10-13(12-14)18(22)20-16-8-4-5-9-17(16)21-25(23,24)15-6-2-1-3-7-15;/h1-9,13-14,21H,10-12,19H2,(H,20,22);1H. The summed E-state index contributed by atoms with van der Waals surface area (Å²) in [6, 6.07) is 14.9. The van der Waals surface area contributed by atoms with Crippen molar-refractivity contribution in [3.05, 3.63) is 54.6 Å². The number of carbonyl (C=O) groups excluding carboxylic acids is 1. The first-order valence-corrected chi connectivity index (χ1v) is 9.67. The normalized spacial score (nSPS) is 19.4. The van der Waals surface area contributed by atoms with Crippen molar-refractivity contribution in [1.29, 1.82) is 0 Å². The maximum absolute atomic E-state index is 12.5. The number of halogens is 1. The lowest BCUT2D eigenvalue weighted by atomic mass is 10.1. The van der Waals surface area contributed by atoms with E-state index in [0.29, 0.717) is 17.8 Å². The molecule has 1 fully saturated rings. The Morgan fingerprint density at radius 2 is 1.58 bits per heavy atom. The molecule has 1 aliphatic carbocycles. The fourth-order valence-electron chi connectivity index (χ4n) is 2.97. The predicted molar refractivity (Wildman–Crippen MR) is 105 cm³/mol. The van der Waals surface area contributed by atoms with E-state index in [9.17, 15) is 13.2 Å². The van der Waals surface area contributed by atoms with Gasteiger partial charge in [-0.25, -0.2) is 8.42 Å². The Labute approximate surface area is 159 Å². The van der Waals surface area contributed by atoms with Gasteiger partial charge < -0.3 is 11.1 Å². The Kier molecular flexibility index (Phi) is 6.63. The number of carbonyl (C=O) groups is 1. The van der Waals surface area contributed by atoms with Gasteiger partial charge in [0, 0.05) is 12.0 Å². The molecule has 1 aliphatic rings. The van der Waals surface area contributed by atoms with E-state index in [-0.39, 0.29) is 35.2 Å². The highest BCUT2D eigenvalue weighted by Crippen LogP contribution is 2.28. The molecule has 2 aromatic carbocycles. The molecule has 1 amide bonds. The van der Waals surface area contributed by atoms with Gasteiger partial charge in [-0.1, -0.05) is 30.3 Å². The monoisotopic (exact) mass is 395 g/mol. The lowest BCUT2D eigenvalue weighted by Crippen LogP contribution is -2.24. The minimum Gasteiger partial charge on any atom is -0.328 e. The van der Waals surface area contributed by atoms with Crippen LogP contribution in [0, 0.1) is 5.92 Å². The van der Waals surface area contributed by atoms with Gasteiger partial charge >= 0.3 is 0 Å². The summed E-state index contributed by atoms with van der Waals surface area (Å²) >= 11 is 0. The molecule has 26 heavy (non-hydrogen) atoms. The molecule has 2 unspecified atom stereocenters. The molecule has 6 nitrogen and oxygen atoms in total. The zero-order chi connectivity index (χ0) is 17.9. The van der Waals surface area contributed by atoms with Gasteiger partial charge in [-0.3, -0.25) is 9.52 Å². The van der Waals surface area contributed by atoms with Crippen LogP contribution in [0.4, 0.5) is 11.4 Å². The third kappa shape index (κ3) is 4.75. The van der Waals surface area contributed by atoms with Crippen LogP contribution in [0.3, 0.4) is 0 Å². The van der Waals surface area contributed by atoms with Gasteiger partial charge in [0.1, 0.15) is 0 Å². The van der Waals surface area contributed by atoms with Crippen molar-refractivity contribution in [3.63, 3.8) is 0 Å². The summed E-state index contributed by atoms with van der Waals surface area (Å²) in [5.74, 6) is -0.256. The van der Waals surface area contributed by atoms with Crippen molar-refractivity contribution in [1.82, 2.24) is 0 Å². The van der Waals surface area contributed by atoms with Gasteiger partial charge in [-0.05, 0) is 43.5 Å². The van der Waals surface area contributed by atoms with Gasteiger partial charge in [-0.15, -0.1) is 12.4 Å². The van der Waals surface area contributed by atoms with Crippen molar-refractivity contribution in [2.24, 2.45) is 11.7 Å². The van der Waals surface area contributed by atoms with Gasteiger partial charge in [0.25, 0.3) is 10.0 Å². The second kappa shape index (κ2) is 8.53. The molecule has 0 bridgehead atoms. The highest BCUT2D eigenvalue weighted by Gasteiger charge is 2.28. The van der Waals surface area contributed by atoms with Crippen LogP contribution in [0.15, 0.2) is 59.5 Å². The van der Waals surface area contributed by atoms with Gasteiger partial charge in [-0.2, -0.15) is 0 Å². The fraction of sp³-hybridized carbons (Fsp3) is 0.278. The van der Waals surface area contributed by atoms with Gasteiger partial charge in [0.2, 0.25) is 5.91 Å². The second-order valence-corrected chi connectivity index (χ2v) is 7.91. The number of anilines is 2. The molecular formula is C18H22ClN3O3S. The number of hydrogen-bond acceptors (Lipinski definition) is 4. The third-order valence-corrected chi connectivity index (χ3v) is 5.71.